The zero-order valence-electron chi connectivity index (χ0n) is 17.0. The Morgan fingerprint density at radius 3 is 2.45 bits per heavy atom. The van der Waals surface area contributed by atoms with E-state index in [1.807, 2.05) is 12.1 Å². The zero-order chi connectivity index (χ0) is 20.2. The molecule has 0 bridgehead atoms. The van der Waals surface area contributed by atoms with E-state index in [0.717, 1.165) is 50.5 Å². The van der Waals surface area contributed by atoms with Crippen LogP contribution in [0.1, 0.15) is 63.4 Å². The van der Waals surface area contributed by atoms with Crippen molar-refractivity contribution >= 4 is 11.4 Å². The summed E-state index contributed by atoms with van der Waals surface area (Å²) in [6.07, 6.45) is 7.00. The van der Waals surface area contributed by atoms with E-state index >= 15 is 0 Å². The minimum Gasteiger partial charge on any atom is -0.369 e. The summed E-state index contributed by atoms with van der Waals surface area (Å²) < 4.78 is 2.09. The van der Waals surface area contributed by atoms with Crippen molar-refractivity contribution in [1.29, 1.82) is 0 Å². The smallest absolute Gasteiger partial charge is 0.269 e. The highest BCUT2D eigenvalue weighted by molar-refractivity contribution is 5.51. The van der Waals surface area contributed by atoms with Crippen LogP contribution >= 0.6 is 0 Å². The molecule has 1 saturated heterocycles. The quantitative estimate of drug-likeness (QED) is 0.520. The van der Waals surface area contributed by atoms with Crippen molar-refractivity contribution in [3.63, 3.8) is 0 Å². The summed E-state index contributed by atoms with van der Waals surface area (Å²) in [7, 11) is 0. The molecule has 9 nitrogen and oxygen atoms in total. The van der Waals surface area contributed by atoms with Crippen molar-refractivity contribution in [2.45, 2.75) is 57.5 Å². The molecule has 1 aliphatic heterocycles. The Morgan fingerprint density at radius 1 is 1.14 bits per heavy atom. The van der Waals surface area contributed by atoms with Gasteiger partial charge in [0.15, 0.2) is 5.82 Å². The monoisotopic (exact) mass is 399 g/mol. The number of nitrogens with zero attached hydrogens (tertiary/aromatic N) is 7. The van der Waals surface area contributed by atoms with Crippen LogP contribution in [0.5, 0.6) is 0 Å². The molecule has 1 aliphatic carbocycles. The lowest BCUT2D eigenvalue weighted by atomic mass is 10.1. The standard InChI is InChI=1S/C20H29N7O2/c1-2-5-19(20-21-22-23-26(20)17-6-3-4-7-17)25-14-12-24(13-15-25)16-8-10-18(11-9-16)27(28)29/h8-11,17,19H,2-7,12-15H2,1H3/t19-/m0/s1. The van der Waals surface area contributed by atoms with Gasteiger partial charge in [-0.25, -0.2) is 4.68 Å². The maximum atomic E-state index is 10.9. The Kier molecular flexibility index (Phi) is 6.03. The third-order valence-electron chi connectivity index (χ3n) is 6.23. The second-order valence-corrected chi connectivity index (χ2v) is 8.02. The summed E-state index contributed by atoms with van der Waals surface area (Å²) >= 11 is 0. The van der Waals surface area contributed by atoms with Crippen LogP contribution in [-0.2, 0) is 0 Å². The third kappa shape index (κ3) is 4.24. The lowest BCUT2D eigenvalue weighted by Crippen LogP contribution is -2.48. The van der Waals surface area contributed by atoms with Crippen LogP contribution < -0.4 is 4.90 Å². The van der Waals surface area contributed by atoms with Crippen LogP contribution in [0.25, 0.3) is 0 Å². The molecule has 2 aromatic rings. The maximum Gasteiger partial charge on any atom is 0.269 e. The van der Waals surface area contributed by atoms with Gasteiger partial charge < -0.3 is 4.90 Å². The van der Waals surface area contributed by atoms with Crippen molar-refractivity contribution in [1.82, 2.24) is 25.1 Å². The largest absolute Gasteiger partial charge is 0.369 e. The Labute approximate surface area is 170 Å². The number of nitro groups is 1. The summed E-state index contributed by atoms with van der Waals surface area (Å²) in [5.41, 5.74) is 1.17. The number of rotatable bonds is 7. The van der Waals surface area contributed by atoms with Gasteiger partial charge in [0, 0.05) is 44.0 Å². The number of piperazine rings is 1. The van der Waals surface area contributed by atoms with E-state index in [2.05, 4.69) is 36.9 Å². The van der Waals surface area contributed by atoms with Gasteiger partial charge in [0.1, 0.15) is 0 Å². The van der Waals surface area contributed by atoms with Crippen LogP contribution in [0.15, 0.2) is 24.3 Å². The molecule has 0 radical (unpaired) electrons. The van der Waals surface area contributed by atoms with Crippen molar-refractivity contribution in [2.75, 3.05) is 31.1 Å². The summed E-state index contributed by atoms with van der Waals surface area (Å²) in [4.78, 5) is 15.3. The van der Waals surface area contributed by atoms with Gasteiger partial charge >= 0.3 is 0 Å². The number of aromatic nitrogens is 4. The number of hydrogen-bond donors (Lipinski definition) is 0. The Hall–Kier alpha value is -2.55. The van der Waals surface area contributed by atoms with Crippen LogP contribution in [0.3, 0.4) is 0 Å². The molecular formula is C20H29N7O2. The lowest BCUT2D eigenvalue weighted by molar-refractivity contribution is -0.384. The molecule has 1 aromatic carbocycles. The van der Waals surface area contributed by atoms with Crippen molar-refractivity contribution < 1.29 is 4.92 Å². The molecule has 0 spiro atoms. The molecule has 1 saturated carbocycles. The normalized spacial score (nSPS) is 19.6. The molecule has 0 unspecified atom stereocenters. The molecule has 2 aliphatic rings. The molecule has 2 fully saturated rings. The predicted molar refractivity (Wildman–Crippen MR) is 110 cm³/mol. The van der Waals surface area contributed by atoms with Gasteiger partial charge in [-0.1, -0.05) is 26.2 Å². The van der Waals surface area contributed by atoms with Crippen molar-refractivity contribution in [2.24, 2.45) is 0 Å². The second-order valence-electron chi connectivity index (χ2n) is 8.02. The van der Waals surface area contributed by atoms with Crippen molar-refractivity contribution in [3.8, 4) is 0 Å². The first kappa shape index (κ1) is 19.8. The third-order valence-corrected chi connectivity index (χ3v) is 6.23. The van der Waals surface area contributed by atoms with E-state index in [9.17, 15) is 10.1 Å². The molecule has 0 N–H and O–H groups in total. The number of benzene rings is 1. The minimum atomic E-state index is -0.356. The molecule has 29 heavy (non-hydrogen) atoms. The number of hydrogen-bond acceptors (Lipinski definition) is 7. The van der Waals surface area contributed by atoms with Gasteiger partial charge in [-0.3, -0.25) is 15.0 Å². The first-order chi connectivity index (χ1) is 14.2. The number of tetrazole rings is 1. The molecule has 156 valence electrons. The minimum absolute atomic E-state index is 0.133. The van der Waals surface area contributed by atoms with Gasteiger partial charge in [-0.15, -0.1) is 5.10 Å². The highest BCUT2D eigenvalue weighted by atomic mass is 16.6. The summed E-state index contributed by atoms with van der Waals surface area (Å²) in [6.45, 7) is 5.86. The van der Waals surface area contributed by atoms with E-state index in [1.54, 1.807) is 12.1 Å². The van der Waals surface area contributed by atoms with Crippen LogP contribution in [-0.4, -0.2) is 56.2 Å². The zero-order valence-corrected chi connectivity index (χ0v) is 17.0. The molecule has 2 heterocycles. The van der Waals surface area contributed by atoms with E-state index in [-0.39, 0.29) is 16.7 Å². The van der Waals surface area contributed by atoms with Gasteiger partial charge in [0.25, 0.3) is 5.69 Å². The highest BCUT2D eigenvalue weighted by Gasteiger charge is 2.31. The summed E-state index contributed by atoms with van der Waals surface area (Å²) in [6, 6.07) is 7.54. The fraction of sp³-hybridized carbons (Fsp3) is 0.650. The molecular weight excluding hydrogens is 370 g/mol. The van der Waals surface area contributed by atoms with Crippen LogP contribution in [0.4, 0.5) is 11.4 Å². The van der Waals surface area contributed by atoms with E-state index < -0.39 is 0 Å². The van der Waals surface area contributed by atoms with Crippen molar-refractivity contribution in [3.05, 3.63) is 40.2 Å². The van der Waals surface area contributed by atoms with Crippen LogP contribution in [0.2, 0.25) is 0 Å². The van der Waals surface area contributed by atoms with E-state index in [4.69, 9.17) is 0 Å². The Morgan fingerprint density at radius 2 is 1.83 bits per heavy atom. The second kappa shape index (κ2) is 8.86. The topological polar surface area (TPSA) is 93.2 Å². The molecule has 4 rings (SSSR count). The van der Waals surface area contributed by atoms with Gasteiger partial charge in [-0.2, -0.15) is 0 Å². The fourth-order valence-corrected chi connectivity index (χ4v) is 4.65. The maximum absolute atomic E-state index is 10.9. The van der Waals surface area contributed by atoms with E-state index in [0.29, 0.717) is 6.04 Å². The fourth-order valence-electron chi connectivity index (χ4n) is 4.65. The van der Waals surface area contributed by atoms with Gasteiger partial charge in [0.2, 0.25) is 0 Å². The molecule has 1 atom stereocenters. The van der Waals surface area contributed by atoms with Gasteiger partial charge in [0.05, 0.1) is 17.0 Å². The van der Waals surface area contributed by atoms with Gasteiger partial charge in [-0.05, 0) is 41.8 Å². The Bertz CT molecular complexity index is 808. The SMILES string of the molecule is CCC[C@@H](c1nnnn1C1CCCC1)N1CCN(c2ccc([N+](=O)[O-])cc2)CC1. The summed E-state index contributed by atoms with van der Waals surface area (Å²) in [5, 5.41) is 23.7. The average molecular weight is 399 g/mol. The number of nitro benzene ring substituents is 1. The lowest BCUT2D eigenvalue weighted by Gasteiger charge is -2.40. The first-order valence-corrected chi connectivity index (χ1v) is 10.7. The number of non-ortho nitro benzene ring substituents is 1. The van der Waals surface area contributed by atoms with Crippen LogP contribution in [0, 0.1) is 10.1 Å². The molecule has 1 aromatic heterocycles. The number of anilines is 1. The first-order valence-electron chi connectivity index (χ1n) is 10.7. The highest BCUT2D eigenvalue weighted by Crippen LogP contribution is 2.33. The summed E-state index contributed by atoms with van der Waals surface area (Å²) in [5.74, 6) is 1.02. The predicted octanol–water partition coefficient (Wildman–Crippen LogP) is 3.36. The van der Waals surface area contributed by atoms with E-state index in [1.165, 1.54) is 25.7 Å². The molecule has 9 heteroatoms. The molecule has 0 amide bonds. The average Bonchev–Trinajstić information content (AvgIpc) is 3.44. The Balaban J connectivity index is 1.44.